The van der Waals surface area contributed by atoms with Crippen LogP contribution in [0.4, 0.5) is 13.2 Å². The minimum atomic E-state index is -4.90. The second-order valence-corrected chi connectivity index (χ2v) is 6.03. The number of aromatic amines is 1. The molecule has 0 aliphatic rings. The highest BCUT2D eigenvalue weighted by atomic mass is 19.4. The highest BCUT2D eigenvalue weighted by Crippen LogP contribution is 2.29. The highest BCUT2D eigenvalue weighted by molar-refractivity contribution is 5.96. The van der Waals surface area contributed by atoms with Crippen molar-refractivity contribution < 1.29 is 27.8 Å². The Morgan fingerprint density at radius 1 is 1.21 bits per heavy atom. The van der Waals surface area contributed by atoms with Crippen LogP contribution in [0.1, 0.15) is 21.6 Å². The van der Waals surface area contributed by atoms with E-state index in [4.69, 9.17) is 0 Å². The molecule has 1 amide bonds. The molecule has 0 atom stereocenters. The van der Waals surface area contributed by atoms with Crippen LogP contribution in [0.25, 0.3) is 11.3 Å². The van der Waals surface area contributed by atoms with Crippen molar-refractivity contribution in [2.45, 2.75) is 19.8 Å². The molecule has 3 rings (SSSR count). The van der Waals surface area contributed by atoms with E-state index in [1.54, 1.807) is 24.3 Å². The number of carbonyl (C=O) groups is 1. The number of halogens is 3. The molecule has 0 radical (unpaired) electrons. The summed E-state index contributed by atoms with van der Waals surface area (Å²) in [6.45, 7) is 1.87. The lowest BCUT2D eigenvalue weighted by Crippen LogP contribution is -2.25. The van der Waals surface area contributed by atoms with Crippen LogP contribution in [0.2, 0.25) is 0 Å². The van der Waals surface area contributed by atoms with Crippen molar-refractivity contribution in [2.24, 2.45) is 0 Å². The van der Waals surface area contributed by atoms with E-state index in [2.05, 4.69) is 20.3 Å². The molecule has 6 nitrogen and oxygen atoms in total. The molecule has 0 fully saturated rings. The number of nitrogens with one attached hydrogen (secondary N) is 2. The van der Waals surface area contributed by atoms with Gasteiger partial charge in [0.05, 0.1) is 23.5 Å². The van der Waals surface area contributed by atoms with E-state index in [9.17, 15) is 23.1 Å². The number of aryl methyl sites for hydroxylation is 1. The molecule has 0 spiro atoms. The first-order valence-corrected chi connectivity index (χ1v) is 8.20. The number of phenolic OH excluding ortho intramolecular Hbond substituents is 1. The van der Waals surface area contributed by atoms with Crippen molar-refractivity contribution in [1.82, 2.24) is 15.5 Å². The number of para-hydroxylation sites is 1. The second kappa shape index (κ2) is 7.63. The number of phenols is 1. The lowest BCUT2D eigenvalue weighted by Gasteiger charge is -2.12. The molecule has 0 unspecified atom stereocenters. The molecule has 146 valence electrons. The summed E-state index contributed by atoms with van der Waals surface area (Å²) in [5, 5.41) is 19.3. The van der Waals surface area contributed by atoms with E-state index in [0.29, 0.717) is 17.0 Å². The van der Waals surface area contributed by atoms with E-state index < -0.39 is 18.0 Å². The van der Waals surface area contributed by atoms with E-state index >= 15 is 0 Å². The normalized spacial score (nSPS) is 11.3. The Morgan fingerprint density at radius 3 is 2.71 bits per heavy atom. The second-order valence-electron chi connectivity index (χ2n) is 6.03. The zero-order chi connectivity index (χ0) is 20.3. The molecule has 3 aromatic rings. The van der Waals surface area contributed by atoms with Gasteiger partial charge >= 0.3 is 6.36 Å². The highest BCUT2D eigenvalue weighted by Gasteiger charge is 2.32. The van der Waals surface area contributed by atoms with Crippen LogP contribution in [0, 0.1) is 6.92 Å². The van der Waals surface area contributed by atoms with Gasteiger partial charge in [-0.25, -0.2) is 0 Å². The van der Waals surface area contributed by atoms with E-state index in [-0.39, 0.29) is 17.9 Å². The zero-order valence-corrected chi connectivity index (χ0v) is 14.7. The van der Waals surface area contributed by atoms with Crippen molar-refractivity contribution in [1.29, 1.82) is 0 Å². The first-order valence-electron chi connectivity index (χ1n) is 8.20. The fraction of sp³-hybridized carbons (Fsp3) is 0.158. The molecule has 0 saturated heterocycles. The number of rotatable bonds is 5. The third-order valence-corrected chi connectivity index (χ3v) is 3.86. The number of hydrogen-bond acceptors (Lipinski definition) is 4. The van der Waals surface area contributed by atoms with Gasteiger partial charge in [-0.3, -0.25) is 9.89 Å². The van der Waals surface area contributed by atoms with E-state index in [1.165, 1.54) is 18.2 Å². The number of benzene rings is 2. The largest absolute Gasteiger partial charge is 0.573 e. The molecular weight excluding hydrogens is 375 g/mol. The van der Waals surface area contributed by atoms with Crippen molar-refractivity contribution >= 4 is 5.91 Å². The predicted octanol–water partition coefficient (Wildman–Crippen LogP) is 3.92. The van der Waals surface area contributed by atoms with Gasteiger partial charge in [-0.2, -0.15) is 5.10 Å². The summed E-state index contributed by atoms with van der Waals surface area (Å²) in [5.74, 6) is -1.25. The van der Waals surface area contributed by atoms with Crippen molar-refractivity contribution in [2.75, 3.05) is 0 Å². The number of amides is 1. The Labute approximate surface area is 158 Å². The molecule has 1 aromatic heterocycles. The number of aromatic hydroxyl groups is 1. The fourth-order valence-corrected chi connectivity index (χ4v) is 2.58. The Morgan fingerprint density at radius 2 is 1.96 bits per heavy atom. The maximum atomic E-state index is 12.5. The van der Waals surface area contributed by atoms with Crippen molar-refractivity contribution in [3.05, 3.63) is 65.4 Å². The fourth-order valence-electron chi connectivity index (χ4n) is 2.58. The first kappa shape index (κ1) is 19.3. The van der Waals surface area contributed by atoms with Gasteiger partial charge in [0, 0.05) is 5.56 Å². The topological polar surface area (TPSA) is 87.2 Å². The molecule has 3 N–H and O–H groups in total. The van der Waals surface area contributed by atoms with Gasteiger partial charge in [0.1, 0.15) is 11.5 Å². The maximum absolute atomic E-state index is 12.5. The molecule has 2 aromatic carbocycles. The molecule has 28 heavy (non-hydrogen) atoms. The molecule has 0 bridgehead atoms. The quantitative estimate of drug-likeness (QED) is 0.615. The number of hydrogen-bond donors (Lipinski definition) is 3. The lowest BCUT2D eigenvalue weighted by molar-refractivity contribution is -0.274. The predicted molar refractivity (Wildman–Crippen MR) is 94.7 cm³/mol. The number of H-pyrrole nitrogens is 1. The summed E-state index contributed by atoms with van der Waals surface area (Å²) in [5.41, 5.74) is 2.21. The summed E-state index contributed by atoms with van der Waals surface area (Å²) in [7, 11) is 0. The Balaban J connectivity index is 1.71. The maximum Gasteiger partial charge on any atom is 0.573 e. The number of nitrogens with zero attached hydrogens (tertiary/aromatic N) is 1. The molecule has 0 aliphatic heterocycles. The van der Waals surface area contributed by atoms with Crippen LogP contribution in [0.3, 0.4) is 0 Å². The number of aromatic nitrogens is 2. The Bertz CT molecular complexity index is 999. The Hall–Kier alpha value is -3.49. The van der Waals surface area contributed by atoms with Crippen LogP contribution in [-0.4, -0.2) is 27.6 Å². The average Bonchev–Trinajstić information content (AvgIpc) is 3.09. The molecule has 9 heteroatoms. The lowest BCUT2D eigenvalue weighted by atomic mass is 10.1. The number of alkyl halides is 3. The van der Waals surface area contributed by atoms with Crippen LogP contribution in [-0.2, 0) is 6.54 Å². The summed E-state index contributed by atoms with van der Waals surface area (Å²) in [4.78, 5) is 12.3. The summed E-state index contributed by atoms with van der Waals surface area (Å²) in [6, 6.07) is 11.8. The molecule has 1 heterocycles. The van der Waals surface area contributed by atoms with Gasteiger partial charge in [-0.1, -0.05) is 23.8 Å². The van der Waals surface area contributed by atoms with Crippen LogP contribution in [0.5, 0.6) is 11.5 Å². The smallest absolute Gasteiger partial charge is 0.507 e. The minimum Gasteiger partial charge on any atom is -0.507 e. The third-order valence-electron chi connectivity index (χ3n) is 3.86. The molecule has 0 saturated carbocycles. The van der Waals surface area contributed by atoms with Gasteiger partial charge in [0.15, 0.2) is 0 Å². The van der Waals surface area contributed by atoms with E-state index in [1.807, 2.05) is 6.92 Å². The van der Waals surface area contributed by atoms with Crippen LogP contribution >= 0.6 is 0 Å². The first-order chi connectivity index (χ1) is 13.2. The number of ether oxygens (including phenoxy) is 1. The van der Waals surface area contributed by atoms with Gasteiger partial charge < -0.3 is 15.2 Å². The summed E-state index contributed by atoms with van der Waals surface area (Å²) in [6.07, 6.45) is -4.90. The minimum absolute atomic E-state index is 0.00123. The van der Waals surface area contributed by atoms with Gasteiger partial charge in [0.2, 0.25) is 0 Å². The van der Waals surface area contributed by atoms with Crippen molar-refractivity contribution in [3.8, 4) is 22.8 Å². The van der Waals surface area contributed by atoms with Gasteiger partial charge in [0.25, 0.3) is 5.91 Å². The Kier molecular flexibility index (Phi) is 5.25. The number of carbonyl (C=O) groups excluding carboxylic acids is 1. The van der Waals surface area contributed by atoms with E-state index in [0.717, 1.165) is 11.6 Å². The van der Waals surface area contributed by atoms with Crippen LogP contribution < -0.4 is 10.1 Å². The monoisotopic (exact) mass is 391 g/mol. The molecular formula is C19H16F3N3O3. The van der Waals surface area contributed by atoms with Crippen LogP contribution in [0.15, 0.2) is 48.5 Å². The summed E-state index contributed by atoms with van der Waals surface area (Å²) < 4.78 is 41.3. The molecule has 0 aliphatic carbocycles. The zero-order valence-electron chi connectivity index (χ0n) is 14.7. The standard InChI is InChI=1S/C19H16F3N3O3/c1-11-6-7-16(26)14(8-11)15-9-12(24-25-15)10-23-18(27)13-4-2-3-5-17(13)28-19(20,21)22/h2-9,26H,10H2,1H3,(H,23,27)(H,24,25). The average molecular weight is 391 g/mol. The SMILES string of the molecule is Cc1ccc(O)c(-c2cc(CNC(=O)c3ccccc3OC(F)(F)F)[nH]n2)c1. The third kappa shape index (κ3) is 4.61. The van der Waals surface area contributed by atoms with Crippen molar-refractivity contribution in [3.63, 3.8) is 0 Å². The van der Waals surface area contributed by atoms with Gasteiger partial charge in [-0.05, 0) is 37.3 Å². The van der Waals surface area contributed by atoms with Gasteiger partial charge in [-0.15, -0.1) is 13.2 Å². The summed E-state index contributed by atoms with van der Waals surface area (Å²) >= 11 is 0.